The number of nitrogens with zero attached hydrogens (tertiary/aromatic N) is 1. The molecule has 96 valence electrons. The summed E-state index contributed by atoms with van der Waals surface area (Å²) >= 11 is 0. The van der Waals surface area contributed by atoms with Crippen molar-refractivity contribution in [2.75, 3.05) is 20.3 Å². The van der Waals surface area contributed by atoms with Gasteiger partial charge in [-0.3, -0.25) is 4.98 Å². The summed E-state index contributed by atoms with van der Waals surface area (Å²) in [6.45, 7) is 8.43. The minimum atomic E-state index is 0.249. The highest BCUT2D eigenvalue weighted by Gasteiger charge is 2.18. The molecule has 0 radical (unpaired) electrons. The molecule has 17 heavy (non-hydrogen) atoms. The predicted molar refractivity (Wildman–Crippen MR) is 70.9 cm³/mol. The molecule has 0 amide bonds. The van der Waals surface area contributed by atoms with Gasteiger partial charge >= 0.3 is 0 Å². The Bertz CT molecular complexity index is 311. The molecular formula is C14H24N2O. The second kappa shape index (κ2) is 6.72. The van der Waals surface area contributed by atoms with E-state index in [4.69, 9.17) is 4.74 Å². The Morgan fingerprint density at radius 1 is 1.41 bits per heavy atom. The first-order valence-electron chi connectivity index (χ1n) is 6.18. The SMILES string of the molecule is COCCC(C)(C)CNC(C)c1ccccn1. The van der Waals surface area contributed by atoms with Crippen LogP contribution in [-0.4, -0.2) is 25.2 Å². The molecule has 0 fully saturated rings. The average molecular weight is 236 g/mol. The van der Waals surface area contributed by atoms with Gasteiger partial charge in [-0.2, -0.15) is 0 Å². The number of hydrogen-bond acceptors (Lipinski definition) is 3. The Balaban J connectivity index is 2.40. The second-order valence-corrected chi connectivity index (χ2v) is 5.26. The highest BCUT2D eigenvalue weighted by molar-refractivity contribution is 5.07. The minimum absolute atomic E-state index is 0.249. The monoisotopic (exact) mass is 236 g/mol. The molecule has 0 aliphatic carbocycles. The number of ether oxygens (including phenoxy) is 1. The third-order valence-electron chi connectivity index (χ3n) is 3.00. The second-order valence-electron chi connectivity index (χ2n) is 5.26. The fourth-order valence-electron chi connectivity index (χ4n) is 1.63. The number of nitrogens with one attached hydrogen (secondary N) is 1. The zero-order valence-electron chi connectivity index (χ0n) is 11.4. The third-order valence-corrected chi connectivity index (χ3v) is 3.00. The van der Waals surface area contributed by atoms with E-state index in [9.17, 15) is 0 Å². The molecule has 1 rings (SSSR count). The maximum Gasteiger partial charge on any atom is 0.0570 e. The smallest absolute Gasteiger partial charge is 0.0570 e. The Morgan fingerprint density at radius 2 is 2.18 bits per heavy atom. The van der Waals surface area contributed by atoms with Crippen LogP contribution in [-0.2, 0) is 4.74 Å². The number of hydrogen-bond donors (Lipinski definition) is 1. The van der Waals surface area contributed by atoms with Gasteiger partial charge in [-0.25, -0.2) is 0 Å². The lowest BCUT2D eigenvalue weighted by Crippen LogP contribution is -2.32. The molecule has 1 heterocycles. The van der Waals surface area contributed by atoms with E-state index in [0.717, 1.165) is 25.3 Å². The summed E-state index contributed by atoms with van der Waals surface area (Å²) in [5.74, 6) is 0. The largest absolute Gasteiger partial charge is 0.385 e. The summed E-state index contributed by atoms with van der Waals surface area (Å²) in [5, 5.41) is 3.53. The Labute approximate surface area is 105 Å². The standard InChI is InChI=1S/C14H24N2O/c1-12(13-7-5-6-9-15-13)16-11-14(2,3)8-10-17-4/h5-7,9,12,16H,8,10-11H2,1-4H3. The van der Waals surface area contributed by atoms with Gasteiger partial charge in [0, 0.05) is 32.5 Å². The summed E-state index contributed by atoms with van der Waals surface area (Å²) in [6, 6.07) is 6.31. The Kier molecular flexibility index (Phi) is 5.59. The van der Waals surface area contributed by atoms with E-state index in [1.165, 1.54) is 0 Å². The maximum absolute atomic E-state index is 5.13. The van der Waals surface area contributed by atoms with E-state index in [0.29, 0.717) is 0 Å². The first-order valence-corrected chi connectivity index (χ1v) is 6.18. The third kappa shape index (κ3) is 5.29. The van der Waals surface area contributed by atoms with Crippen molar-refractivity contribution in [3.63, 3.8) is 0 Å². The van der Waals surface area contributed by atoms with Crippen molar-refractivity contribution in [2.24, 2.45) is 5.41 Å². The molecule has 1 aromatic heterocycles. The van der Waals surface area contributed by atoms with Gasteiger partial charge in [0.15, 0.2) is 0 Å². The lowest BCUT2D eigenvalue weighted by atomic mass is 9.89. The van der Waals surface area contributed by atoms with Crippen LogP contribution in [0, 0.1) is 5.41 Å². The van der Waals surface area contributed by atoms with Gasteiger partial charge < -0.3 is 10.1 Å². The van der Waals surface area contributed by atoms with Crippen molar-refractivity contribution in [1.82, 2.24) is 10.3 Å². The van der Waals surface area contributed by atoms with Gasteiger partial charge in [-0.15, -0.1) is 0 Å². The van der Waals surface area contributed by atoms with E-state index in [2.05, 4.69) is 37.1 Å². The van der Waals surface area contributed by atoms with Gasteiger partial charge in [0.1, 0.15) is 0 Å². The summed E-state index contributed by atoms with van der Waals surface area (Å²) in [6.07, 6.45) is 2.90. The van der Waals surface area contributed by atoms with Crippen LogP contribution in [0.2, 0.25) is 0 Å². The molecule has 0 aliphatic rings. The Morgan fingerprint density at radius 3 is 2.76 bits per heavy atom. The van der Waals surface area contributed by atoms with Gasteiger partial charge in [-0.05, 0) is 30.9 Å². The number of methoxy groups -OCH3 is 1. The van der Waals surface area contributed by atoms with Crippen molar-refractivity contribution in [2.45, 2.75) is 33.2 Å². The predicted octanol–water partition coefficient (Wildman–Crippen LogP) is 2.79. The summed E-state index contributed by atoms with van der Waals surface area (Å²) < 4.78 is 5.13. The van der Waals surface area contributed by atoms with Gasteiger partial charge in [-0.1, -0.05) is 19.9 Å². The molecule has 3 heteroatoms. The molecular weight excluding hydrogens is 212 g/mol. The highest BCUT2D eigenvalue weighted by Crippen LogP contribution is 2.20. The fourth-order valence-corrected chi connectivity index (χ4v) is 1.63. The summed E-state index contributed by atoms with van der Waals surface area (Å²) in [4.78, 5) is 4.35. The van der Waals surface area contributed by atoms with Gasteiger partial charge in [0.05, 0.1) is 5.69 Å². The van der Waals surface area contributed by atoms with E-state index in [1.807, 2.05) is 18.3 Å². The van der Waals surface area contributed by atoms with E-state index >= 15 is 0 Å². The maximum atomic E-state index is 5.13. The molecule has 0 aliphatic heterocycles. The van der Waals surface area contributed by atoms with Crippen LogP contribution in [0.15, 0.2) is 24.4 Å². The van der Waals surface area contributed by atoms with Crippen molar-refractivity contribution >= 4 is 0 Å². The summed E-state index contributed by atoms with van der Waals surface area (Å²) in [7, 11) is 1.75. The van der Waals surface area contributed by atoms with Crippen LogP contribution in [0.25, 0.3) is 0 Å². The molecule has 1 unspecified atom stereocenters. The van der Waals surface area contributed by atoms with Crippen LogP contribution in [0.5, 0.6) is 0 Å². The first-order chi connectivity index (χ1) is 8.05. The Hall–Kier alpha value is -0.930. The molecule has 3 nitrogen and oxygen atoms in total. The van der Waals surface area contributed by atoms with E-state index in [-0.39, 0.29) is 11.5 Å². The van der Waals surface area contributed by atoms with Crippen LogP contribution < -0.4 is 5.32 Å². The molecule has 0 saturated carbocycles. The van der Waals surface area contributed by atoms with Crippen molar-refractivity contribution < 1.29 is 4.74 Å². The highest BCUT2D eigenvalue weighted by atomic mass is 16.5. The molecule has 1 N–H and O–H groups in total. The quantitative estimate of drug-likeness (QED) is 0.790. The van der Waals surface area contributed by atoms with Gasteiger partial charge in [0.25, 0.3) is 0 Å². The van der Waals surface area contributed by atoms with Crippen LogP contribution >= 0.6 is 0 Å². The lowest BCUT2D eigenvalue weighted by Gasteiger charge is -2.26. The minimum Gasteiger partial charge on any atom is -0.385 e. The van der Waals surface area contributed by atoms with Gasteiger partial charge in [0.2, 0.25) is 0 Å². The fraction of sp³-hybridized carbons (Fsp3) is 0.643. The molecule has 0 bridgehead atoms. The molecule has 0 saturated heterocycles. The number of aromatic nitrogens is 1. The van der Waals surface area contributed by atoms with Crippen molar-refractivity contribution in [3.05, 3.63) is 30.1 Å². The number of pyridine rings is 1. The summed E-state index contributed by atoms with van der Waals surface area (Å²) in [5.41, 5.74) is 1.34. The normalized spacial score (nSPS) is 13.6. The topological polar surface area (TPSA) is 34.1 Å². The van der Waals surface area contributed by atoms with Crippen molar-refractivity contribution in [1.29, 1.82) is 0 Å². The van der Waals surface area contributed by atoms with Crippen LogP contribution in [0.1, 0.15) is 38.9 Å². The number of rotatable bonds is 7. The van der Waals surface area contributed by atoms with Crippen LogP contribution in [0.3, 0.4) is 0 Å². The average Bonchev–Trinajstić information content (AvgIpc) is 2.35. The lowest BCUT2D eigenvalue weighted by molar-refractivity contribution is 0.149. The molecule has 0 aromatic carbocycles. The molecule has 1 aromatic rings. The zero-order valence-corrected chi connectivity index (χ0v) is 11.4. The van der Waals surface area contributed by atoms with E-state index < -0.39 is 0 Å². The molecule has 0 spiro atoms. The van der Waals surface area contributed by atoms with Crippen LogP contribution in [0.4, 0.5) is 0 Å². The van der Waals surface area contributed by atoms with Crippen molar-refractivity contribution in [3.8, 4) is 0 Å². The van der Waals surface area contributed by atoms with E-state index in [1.54, 1.807) is 7.11 Å². The first kappa shape index (κ1) is 14.1. The zero-order chi connectivity index (χ0) is 12.7. The molecule has 1 atom stereocenters.